The molecule has 122 valence electrons. The van der Waals surface area contributed by atoms with Gasteiger partial charge in [0.05, 0.1) is 0 Å². The molecule has 8 heteroatoms. The molecule has 2 rings (SSSR count). The Bertz CT molecular complexity index is 758. The molecule has 0 aliphatic rings. The van der Waals surface area contributed by atoms with Gasteiger partial charge in [0.25, 0.3) is 5.56 Å². The molecule has 2 aromatic rings. The smallest absolute Gasteiger partial charge is 0.330 e. The molecule has 1 atom stereocenters. The van der Waals surface area contributed by atoms with Crippen molar-refractivity contribution in [3.63, 3.8) is 0 Å². The average molecular weight is 309 g/mol. The first-order valence-corrected chi connectivity index (χ1v) is 7.64. The van der Waals surface area contributed by atoms with Crippen LogP contribution in [0.15, 0.2) is 9.59 Å². The zero-order valence-corrected chi connectivity index (χ0v) is 13.2. The largest absolute Gasteiger partial charge is 0.396 e. The Labute approximate surface area is 127 Å². The zero-order chi connectivity index (χ0) is 16.3. The first kappa shape index (κ1) is 16.3. The van der Waals surface area contributed by atoms with Crippen LogP contribution in [0.1, 0.15) is 39.7 Å². The number of imidazole rings is 1. The van der Waals surface area contributed by atoms with Crippen molar-refractivity contribution < 1.29 is 5.11 Å². The predicted octanol–water partition coefficient (Wildman–Crippen LogP) is 0.671. The quantitative estimate of drug-likeness (QED) is 0.652. The van der Waals surface area contributed by atoms with Crippen molar-refractivity contribution in [3.8, 4) is 0 Å². The number of hydrogen-bond acceptors (Lipinski definition) is 5. The summed E-state index contributed by atoms with van der Waals surface area (Å²) in [5.74, 6) is 0.541. The summed E-state index contributed by atoms with van der Waals surface area (Å²) in [7, 11) is 0. The fourth-order valence-electron chi connectivity index (χ4n) is 2.46. The second kappa shape index (κ2) is 6.78. The van der Waals surface area contributed by atoms with Crippen LogP contribution in [-0.2, 0) is 6.54 Å². The lowest BCUT2D eigenvalue weighted by atomic mass is 10.2. The Kier molecular flexibility index (Phi) is 5.02. The van der Waals surface area contributed by atoms with E-state index in [0.29, 0.717) is 36.6 Å². The van der Waals surface area contributed by atoms with E-state index in [1.54, 1.807) is 4.57 Å². The van der Waals surface area contributed by atoms with Crippen LogP contribution in [0.25, 0.3) is 11.2 Å². The van der Waals surface area contributed by atoms with Gasteiger partial charge in [0.15, 0.2) is 11.2 Å². The minimum atomic E-state index is -0.436. The molecule has 0 radical (unpaired) electrons. The van der Waals surface area contributed by atoms with E-state index in [-0.39, 0.29) is 12.6 Å². The van der Waals surface area contributed by atoms with Gasteiger partial charge < -0.3 is 15.0 Å². The summed E-state index contributed by atoms with van der Waals surface area (Å²) in [6.07, 6.45) is 1.34. The number of aryl methyl sites for hydroxylation is 1. The van der Waals surface area contributed by atoms with Crippen molar-refractivity contribution >= 4 is 17.1 Å². The van der Waals surface area contributed by atoms with Gasteiger partial charge in [-0.05, 0) is 26.7 Å². The van der Waals surface area contributed by atoms with Crippen LogP contribution in [-0.4, -0.2) is 37.4 Å². The lowest BCUT2D eigenvalue weighted by molar-refractivity contribution is 0.292. The van der Waals surface area contributed by atoms with Gasteiger partial charge in [-0.2, -0.15) is 4.98 Å². The van der Waals surface area contributed by atoms with Crippen molar-refractivity contribution in [2.75, 3.05) is 18.5 Å². The minimum Gasteiger partial charge on any atom is -0.396 e. The van der Waals surface area contributed by atoms with Gasteiger partial charge in [-0.25, -0.2) is 4.79 Å². The van der Waals surface area contributed by atoms with Gasteiger partial charge in [0.1, 0.15) is 0 Å². The molecule has 0 aliphatic carbocycles. The van der Waals surface area contributed by atoms with Gasteiger partial charge in [0, 0.05) is 25.7 Å². The number of nitrogens with zero attached hydrogens (tertiary/aromatic N) is 3. The monoisotopic (exact) mass is 309 g/mol. The number of aromatic nitrogens is 4. The Morgan fingerprint density at radius 1 is 1.36 bits per heavy atom. The maximum Gasteiger partial charge on any atom is 0.330 e. The van der Waals surface area contributed by atoms with Crippen molar-refractivity contribution in [1.29, 1.82) is 0 Å². The molecule has 8 nitrogen and oxygen atoms in total. The third-order valence-electron chi connectivity index (χ3n) is 3.80. The highest BCUT2D eigenvalue weighted by Gasteiger charge is 2.19. The fourth-order valence-corrected chi connectivity index (χ4v) is 2.46. The van der Waals surface area contributed by atoms with Crippen molar-refractivity contribution in [3.05, 3.63) is 20.8 Å². The molecule has 3 N–H and O–H groups in total. The molecular formula is C14H23N5O3. The van der Waals surface area contributed by atoms with Crippen LogP contribution in [0.2, 0.25) is 0 Å². The second-order valence-corrected chi connectivity index (χ2v) is 5.24. The number of aliphatic hydroxyl groups is 1. The summed E-state index contributed by atoms with van der Waals surface area (Å²) in [6.45, 7) is 6.99. The van der Waals surface area contributed by atoms with E-state index < -0.39 is 11.2 Å². The highest BCUT2D eigenvalue weighted by molar-refractivity contribution is 5.74. The number of aromatic amines is 1. The van der Waals surface area contributed by atoms with Crippen LogP contribution in [0.4, 0.5) is 5.95 Å². The zero-order valence-electron chi connectivity index (χ0n) is 13.2. The summed E-state index contributed by atoms with van der Waals surface area (Å²) >= 11 is 0. The van der Waals surface area contributed by atoms with E-state index in [1.807, 2.05) is 20.8 Å². The maximum atomic E-state index is 12.2. The summed E-state index contributed by atoms with van der Waals surface area (Å²) in [5, 5.41) is 12.0. The highest BCUT2D eigenvalue weighted by Crippen LogP contribution is 2.19. The molecule has 0 spiro atoms. The highest BCUT2D eigenvalue weighted by atomic mass is 16.3. The van der Waals surface area contributed by atoms with E-state index in [2.05, 4.69) is 15.3 Å². The summed E-state index contributed by atoms with van der Waals surface area (Å²) in [5.41, 5.74) is -0.0658. The Morgan fingerprint density at radius 2 is 2.09 bits per heavy atom. The molecule has 0 aromatic carbocycles. The molecule has 0 aliphatic heterocycles. The fraction of sp³-hybridized carbons (Fsp3) is 0.643. The molecule has 0 saturated carbocycles. The summed E-state index contributed by atoms with van der Waals surface area (Å²) in [6, 6.07) is -0.0580. The van der Waals surface area contributed by atoms with Gasteiger partial charge in [-0.1, -0.05) is 6.92 Å². The Hall–Kier alpha value is -2.09. The topological polar surface area (TPSA) is 105 Å². The Morgan fingerprint density at radius 3 is 2.68 bits per heavy atom. The number of nitrogens with one attached hydrogen (secondary N) is 2. The van der Waals surface area contributed by atoms with E-state index in [9.17, 15) is 9.59 Å². The lowest BCUT2D eigenvalue weighted by Crippen LogP contribution is -2.32. The molecule has 2 aromatic heterocycles. The van der Waals surface area contributed by atoms with E-state index in [1.165, 1.54) is 4.57 Å². The molecule has 1 unspecified atom stereocenters. The molecule has 0 fully saturated rings. The van der Waals surface area contributed by atoms with Crippen molar-refractivity contribution in [2.45, 2.75) is 46.2 Å². The third kappa shape index (κ3) is 2.78. The van der Waals surface area contributed by atoms with Gasteiger partial charge in [-0.3, -0.25) is 14.3 Å². The van der Waals surface area contributed by atoms with Crippen molar-refractivity contribution in [1.82, 2.24) is 19.1 Å². The van der Waals surface area contributed by atoms with Gasteiger partial charge in [-0.15, -0.1) is 0 Å². The maximum absolute atomic E-state index is 12.2. The van der Waals surface area contributed by atoms with E-state index in [0.717, 1.165) is 6.42 Å². The molecule has 0 saturated heterocycles. The number of H-pyrrole nitrogens is 1. The number of aliphatic hydroxyl groups excluding tert-OH is 1. The second-order valence-electron chi connectivity index (χ2n) is 5.24. The first-order valence-electron chi connectivity index (χ1n) is 7.64. The molecule has 0 amide bonds. The minimum absolute atomic E-state index is 0.0580. The summed E-state index contributed by atoms with van der Waals surface area (Å²) < 4.78 is 3.28. The molecule has 2 heterocycles. The summed E-state index contributed by atoms with van der Waals surface area (Å²) in [4.78, 5) is 31.2. The third-order valence-corrected chi connectivity index (χ3v) is 3.80. The van der Waals surface area contributed by atoms with E-state index >= 15 is 0 Å². The Balaban J connectivity index is 2.68. The lowest BCUT2D eigenvalue weighted by Gasteiger charge is -2.12. The van der Waals surface area contributed by atoms with Gasteiger partial charge >= 0.3 is 5.69 Å². The standard InChI is InChI=1S/C14H23N5O3/c1-4-9(3)19-11-10(12(21)17-14(19)22)18(5-2)13(16-11)15-7-6-8-20/h9,20H,4-8H2,1-3H3,(H,15,16)(H,17,21,22). The van der Waals surface area contributed by atoms with Crippen molar-refractivity contribution in [2.24, 2.45) is 0 Å². The van der Waals surface area contributed by atoms with Crippen LogP contribution in [0.5, 0.6) is 0 Å². The number of rotatable bonds is 7. The molecule has 22 heavy (non-hydrogen) atoms. The van der Waals surface area contributed by atoms with Crippen LogP contribution in [0, 0.1) is 0 Å². The van der Waals surface area contributed by atoms with Crippen LogP contribution in [0.3, 0.4) is 0 Å². The molecular weight excluding hydrogens is 286 g/mol. The number of fused-ring (bicyclic) bond motifs is 1. The number of anilines is 1. The van der Waals surface area contributed by atoms with E-state index in [4.69, 9.17) is 5.11 Å². The first-order chi connectivity index (χ1) is 10.5. The van der Waals surface area contributed by atoms with Crippen LogP contribution >= 0.6 is 0 Å². The average Bonchev–Trinajstić information content (AvgIpc) is 2.85. The normalized spacial score (nSPS) is 12.7. The molecule has 0 bridgehead atoms. The SMILES string of the molecule is CCC(C)n1c(=O)[nH]c(=O)c2c1nc(NCCCO)n2CC. The number of hydrogen-bond donors (Lipinski definition) is 3. The van der Waals surface area contributed by atoms with Gasteiger partial charge in [0.2, 0.25) is 5.95 Å². The predicted molar refractivity (Wildman–Crippen MR) is 85.5 cm³/mol. The van der Waals surface area contributed by atoms with Crippen LogP contribution < -0.4 is 16.6 Å².